The number of amidine groups is 1. The highest BCUT2D eigenvalue weighted by Crippen LogP contribution is 2.36. The average Bonchev–Trinajstić information content (AvgIpc) is 3.22. The Morgan fingerprint density at radius 1 is 1.17 bits per heavy atom. The van der Waals surface area contributed by atoms with E-state index in [2.05, 4.69) is 10.3 Å². The van der Waals surface area contributed by atoms with Crippen molar-refractivity contribution in [2.45, 2.75) is 44.8 Å². The maximum atomic E-state index is 14.0. The first-order valence-corrected chi connectivity index (χ1v) is 10.8. The summed E-state index contributed by atoms with van der Waals surface area (Å²) in [7, 11) is 0. The van der Waals surface area contributed by atoms with E-state index in [-0.39, 0.29) is 35.2 Å². The van der Waals surface area contributed by atoms with Crippen LogP contribution in [0.1, 0.15) is 64.2 Å². The van der Waals surface area contributed by atoms with Crippen LogP contribution >= 0.6 is 12.4 Å². The van der Waals surface area contributed by atoms with Gasteiger partial charge in [-0.2, -0.15) is 13.2 Å². The van der Waals surface area contributed by atoms with Gasteiger partial charge < -0.3 is 20.7 Å². The number of halogens is 4. The molecule has 1 heterocycles. The number of alkyl halides is 3. The van der Waals surface area contributed by atoms with Gasteiger partial charge in [0, 0.05) is 22.4 Å². The van der Waals surface area contributed by atoms with Crippen LogP contribution in [-0.2, 0) is 19.0 Å². The first kappa shape index (κ1) is 26.1. The summed E-state index contributed by atoms with van der Waals surface area (Å²) in [5, 5.41) is 20.3. The lowest BCUT2D eigenvalue weighted by Crippen LogP contribution is -2.27. The van der Waals surface area contributed by atoms with Crippen molar-refractivity contribution < 1.29 is 23.1 Å². The molecule has 4 rings (SSSR count). The van der Waals surface area contributed by atoms with Gasteiger partial charge >= 0.3 is 6.18 Å². The molecule has 1 aromatic heterocycles. The lowest BCUT2D eigenvalue weighted by Gasteiger charge is -2.20. The van der Waals surface area contributed by atoms with E-state index in [1.807, 2.05) is 0 Å². The van der Waals surface area contributed by atoms with Crippen LogP contribution in [0.4, 0.5) is 13.2 Å². The molecule has 186 valence electrons. The first-order valence-electron chi connectivity index (χ1n) is 10.8. The number of amides is 1. The summed E-state index contributed by atoms with van der Waals surface area (Å²) in [5.41, 5.74) is 6.53. The molecular formula is C24H25ClF3N5O2. The van der Waals surface area contributed by atoms with Crippen LogP contribution in [0.5, 0.6) is 5.75 Å². The number of benzene rings is 2. The van der Waals surface area contributed by atoms with Gasteiger partial charge in [-0.15, -0.1) is 12.4 Å². The monoisotopic (exact) mass is 507 g/mol. The molecule has 7 nitrogen and oxygen atoms in total. The number of rotatable bonds is 5. The molecule has 1 unspecified atom stereocenters. The number of nitrogens with one attached hydrogen (secondary N) is 2. The van der Waals surface area contributed by atoms with Crippen molar-refractivity contribution in [1.82, 2.24) is 14.9 Å². The molecule has 3 aromatic rings. The number of phenolic OH excluding ortho intramolecular Hbond substituents is 1. The fourth-order valence-electron chi connectivity index (χ4n) is 4.22. The summed E-state index contributed by atoms with van der Waals surface area (Å²) in [6, 6.07) is 6.96. The number of imidazole rings is 1. The number of nitrogens with two attached hydrogens (primary N) is 1. The number of aromatic nitrogens is 2. The van der Waals surface area contributed by atoms with Gasteiger partial charge in [0.15, 0.2) is 0 Å². The second kappa shape index (κ2) is 9.99. The van der Waals surface area contributed by atoms with Gasteiger partial charge in [-0.05, 0) is 69.0 Å². The van der Waals surface area contributed by atoms with Crippen molar-refractivity contribution in [3.8, 4) is 11.4 Å². The molecule has 1 aliphatic rings. The van der Waals surface area contributed by atoms with Gasteiger partial charge in [0.25, 0.3) is 5.91 Å². The number of carbonyl (C=O) groups is 1. The van der Waals surface area contributed by atoms with Gasteiger partial charge in [0.1, 0.15) is 11.6 Å². The Labute approximate surface area is 206 Å². The molecule has 35 heavy (non-hydrogen) atoms. The minimum absolute atomic E-state index is 0. The SMILES string of the molecule is CC(NC(=O)c1ccc(-n2cnc3c2CCCC3)c(C(F)(F)F)c1)c1cc(C(=N)N)ccc1O.Cl. The molecule has 0 bridgehead atoms. The molecule has 0 aliphatic heterocycles. The first-order chi connectivity index (χ1) is 16.1. The summed E-state index contributed by atoms with van der Waals surface area (Å²) in [5.74, 6) is -1.08. The average molecular weight is 508 g/mol. The summed E-state index contributed by atoms with van der Waals surface area (Å²) in [6.07, 6.45) is -0.0480. The molecule has 0 saturated carbocycles. The van der Waals surface area contributed by atoms with Crippen LogP contribution in [0.25, 0.3) is 5.69 Å². The van der Waals surface area contributed by atoms with E-state index >= 15 is 0 Å². The lowest BCUT2D eigenvalue weighted by molar-refractivity contribution is -0.137. The highest BCUT2D eigenvalue weighted by molar-refractivity contribution is 5.96. The predicted octanol–water partition coefficient (Wildman–Crippen LogP) is 4.67. The van der Waals surface area contributed by atoms with Crippen molar-refractivity contribution in [2.75, 3.05) is 0 Å². The molecule has 0 spiro atoms. The number of phenols is 1. The van der Waals surface area contributed by atoms with E-state index in [9.17, 15) is 23.1 Å². The van der Waals surface area contributed by atoms with Crippen LogP contribution in [0.3, 0.4) is 0 Å². The Hall–Kier alpha value is -3.53. The van der Waals surface area contributed by atoms with Crippen LogP contribution in [0, 0.1) is 5.41 Å². The second-order valence-electron chi connectivity index (χ2n) is 8.33. The Morgan fingerprint density at radius 2 is 1.86 bits per heavy atom. The van der Waals surface area contributed by atoms with Crippen LogP contribution in [0.2, 0.25) is 0 Å². The van der Waals surface area contributed by atoms with Crippen molar-refractivity contribution >= 4 is 24.1 Å². The molecule has 1 aliphatic carbocycles. The highest BCUT2D eigenvalue weighted by Gasteiger charge is 2.35. The number of aryl methyl sites for hydroxylation is 1. The standard InChI is InChI=1S/C24H24F3N5O2.ClH/c1-13(16-10-14(22(28)29)7-9-21(16)33)31-23(34)15-6-8-19(17(11-15)24(25,26)27)32-12-30-18-4-2-3-5-20(18)32;/h6-13,33H,2-5H2,1H3,(H3,28,29)(H,31,34);1H. The number of carbonyl (C=O) groups excluding carboxylic acids is 1. The van der Waals surface area contributed by atoms with Crippen LogP contribution < -0.4 is 11.1 Å². The Kier molecular flexibility index (Phi) is 7.44. The van der Waals surface area contributed by atoms with Gasteiger partial charge in [-0.3, -0.25) is 10.2 Å². The number of fused-ring (bicyclic) bond motifs is 1. The van der Waals surface area contributed by atoms with Gasteiger partial charge in [0.2, 0.25) is 0 Å². The van der Waals surface area contributed by atoms with Gasteiger partial charge in [-0.25, -0.2) is 4.98 Å². The van der Waals surface area contributed by atoms with Crippen molar-refractivity contribution in [3.05, 3.63) is 76.4 Å². The predicted molar refractivity (Wildman–Crippen MR) is 127 cm³/mol. The molecule has 1 amide bonds. The van der Waals surface area contributed by atoms with E-state index in [1.165, 1.54) is 41.2 Å². The maximum Gasteiger partial charge on any atom is 0.418 e. The Morgan fingerprint density at radius 3 is 2.54 bits per heavy atom. The zero-order chi connectivity index (χ0) is 24.6. The van der Waals surface area contributed by atoms with E-state index in [1.54, 1.807) is 6.92 Å². The minimum atomic E-state index is -4.68. The minimum Gasteiger partial charge on any atom is -0.508 e. The summed E-state index contributed by atoms with van der Waals surface area (Å²) >= 11 is 0. The molecular weight excluding hydrogens is 483 g/mol. The fourth-order valence-corrected chi connectivity index (χ4v) is 4.22. The van der Waals surface area contributed by atoms with Crippen molar-refractivity contribution in [1.29, 1.82) is 5.41 Å². The van der Waals surface area contributed by atoms with E-state index < -0.39 is 23.7 Å². The third-order valence-corrected chi connectivity index (χ3v) is 6.01. The molecule has 0 radical (unpaired) electrons. The normalized spacial score (nSPS) is 13.9. The highest BCUT2D eigenvalue weighted by atomic mass is 35.5. The molecule has 2 aromatic carbocycles. The van der Waals surface area contributed by atoms with Crippen LogP contribution in [0.15, 0.2) is 42.7 Å². The van der Waals surface area contributed by atoms with Gasteiger partial charge in [-0.1, -0.05) is 0 Å². The smallest absolute Gasteiger partial charge is 0.418 e. The molecule has 0 saturated heterocycles. The maximum absolute atomic E-state index is 14.0. The molecule has 11 heteroatoms. The summed E-state index contributed by atoms with van der Waals surface area (Å²) < 4.78 is 43.4. The zero-order valence-corrected chi connectivity index (χ0v) is 19.6. The molecule has 1 atom stereocenters. The number of nitrogen functional groups attached to an aromatic ring is 1. The number of nitrogens with zero attached hydrogens (tertiary/aromatic N) is 2. The summed E-state index contributed by atoms with van der Waals surface area (Å²) in [4.78, 5) is 17.1. The van der Waals surface area contributed by atoms with E-state index in [0.717, 1.165) is 36.7 Å². The van der Waals surface area contributed by atoms with E-state index in [4.69, 9.17) is 11.1 Å². The van der Waals surface area contributed by atoms with Gasteiger partial charge in [0.05, 0.1) is 29.3 Å². The number of aromatic hydroxyl groups is 1. The fraction of sp³-hybridized carbons (Fsp3) is 0.292. The van der Waals surface area contributed by atoms with E-state index in [0.29, 0.717) is 17.5 Å². The third kappa shape index (κ3) is 5.27. The molecule has 0 fully saturated rings. The quantitative estimate of drug-likeness (QED) is 0.296. The zero-order valence-electron chi connectivity index (χ0n) is 18.8. The number of hydrogen-bond donors (Lipinski definition) is 4. The lowest BCUT2D eigenvalue weighted by atomic mass is 10.00. The largest absolute Gasteiger partial charge is 0.508 e. The van der Waals surface area contributed by atoms with Crippen LogP contribution in [-0.4, -0.2) is 26.4 Å². The topological polar surface area (TPSA) is 117 Å². The van der Waals surface area contributed by atoms with Crippen molar-refractivity contribution in [3.63, 3.8) is 0 Å². The third-order valence-electron chi connectivity index (χ3n) is 6.01. The Bertz CT molecular complexity index is 1270. The van der Waals surface area contributed by atoms with Crippen molar-refractivity contribution in [2.24, 2.45) is 5.73 Å². The summed E-state index contributed by atoms with van der Waals surface area (Å²) in [6.45, 7) is 1.58. The second-order valence-corrected chi connectivity index (χ2v) is 8.33. The Balaban J connectivity index is 0.00000342. The number of hydrogen-bond acceptors (Lipinski definition) is 4. The molecule has 5 N–H and O–H groups in total.